The second kappa shape index (κ2) is 10.2. The van der Waals surface area contributed by atoms with Gasteiger partial charge in [-0.05, 0) is 80.1 Å². The molecule has 0 radical (unpaired) electrons. The number of hydrogen-bond donors (Lipinski definition) is 0. The van der Waals surface area contributed by atoms with Gasteiger partial charge in [0.15, 0.2) is 0 Å². The summed E-state index contributed by atoms with van der Waals surface area (Å²) < 4.78 is 11.3. The van der Waals surface area contributed by atoms with Crippen LogP contribution in [-0.2, 0) is 17.7 Å². The average molecular weight is 507 g/mol. The molecule has 2 aliphatic heterocycles. The van der Waals surface area contributed by atoms with E-state index in [4.69, 9.17) is 14.5 Å². The van der Waals surface area contributed by atoms with Crippen molar-refractivity contribution in [2.45, 2.75) is 39.7 Å². The molecular weight excluding hydrogens is 476 g/mol. The number of para-hydroxylation sites is 1. The number of aliphatic imine (C=N–C) groups is 1. The Bertz CT molecular complexity index is 1560. The van der Waals surface area contributed by atoms with Crippen LogP contribution in [0.4, 0.5) is 11.5 Å². The Morgan fingerprint density at radius 2 is 1.84 bits per heavy atom. The minimum Gasteiger partial charge on any atom is -0.491 e. The first-order chi connectivity index (χ1) is 18.6. The van der Waals surface area contributed by atoms with E-state index in [9.17, 15) is 4.79 Å². The molecule has 7 nitrogen and oxygen atoms in total. The average Bonchev–Trinajstić information content (AvgIpc) is 3.26. The maximum absolute atomic E-state index is 12.5. The number of fused-ring (bicyclic) bond motifs is 3. The summed E-state index contributed by atoms with van der Waals surface area (Å²) in [7, 11) is 0. The molecule has 3 aromatic carbocycles. The third kappa shape index (κ3) is 4.72. The molecule has 0 unspecified atom stereocenters. The zero-order valence-electron chi connectivity index (χ0n) is 21.7. The third-order valence-corrected chi connectivity index (χ3v) is 7.10. The quantitative estimate of drug-likeness (QED) is 0.302. The zero-order chi connectivity index (χ0) is 26.1. The lowest BCUT2D eigenvalue weighted by molar-refractivity contribution is 0.0512. The van der Waals surface area contributed by atoms with Gasteiger partial charge in [0.25, 0.3) is 0 Å². The van der Waals surface area contributed by atoms with Gasteiger partial charge in [0.05, 0.1) is 24.4 Å². The van der Waals surface area contributed by atoms with Crippen molar-refractivity contribution in [1.29, 1.82) is 0 Å². The molecule has 3 heterocycles. The van der Waals surface area contributed by atoms with Gasteiger partial charge >= 0.3 is 5.97 Å². The summed E-state index contributed by atoms with van der Waals surface area (Å²) in [6, 6.07) is 20.7. The maximum atomic E-state index is 12.5. The zero-order valence-corrected chi connectivity index (χ0v) is 21.7. The normalized spacial score (nSPS) is 15.0. The van der Waals surface area contributed by atoms with Crippen molar-refractivity contribution in [2.75, 3.05) is 24.7 Å². The number of aryl methyl sites for hydroxylation is 1. The van der Waals surface area contributed by atoms with Crippen LogP contribution < -0.4 is 9.64 Å². The van der Waals surface area contributed by atoms with Crippen molar-refractivity contribution in [3.05, 3.63) is 77.6 Å². The van der Waals surface area contributed by atoms with Gasteiger partial charge in [-0.2, -0.15) is 0 Å². The molecule has 6 rings (SSSR count). The van der Waals surface area contributed by atoms with Crippen LogP contribution in [0.5, 0.6) is 5.75 Å². The SMILES string of the molecule is CCOC(=O)c1nc(N2CCOc3ccc(-c4ccc5c(c4)N=C(C)CCC5)cc3C2)c2ccccc2n1. The van der Waals surface area contributed by atoms with E-state index in [0.717, 1.165) is 52.8 Å². The predicted molar refractivity (Wildman–Crippen MR) is 150 cm³/mol. The van der Waals surface area contributed by atoms with Crippen LogP contribution in [-0.4, -0.2) is 41.4 Å². The molecule has 0 spiro atoms. The predicted octanol–water partition coefficient (Wildman–Crippen LogP) is 6.30. The molecule has 192 valence electrons. The first-order valence-electron chi connectivity index (χ1n) is 13.2. The van der Waals surface area contributed by atoms with E-state index >= 15 is 0 Å². The number of aromatic nitrogens is 2. The van der Waals surface area contributed by atoms with E-state index in [1.165, 1.54) is 11.3 Å². The van der Waals surface area contributed by atoms with Gasteiger partial charge in [-0.25, -0.2) is 14.8 Å². The molecule has 0 bridgehead atoms. The summed E-state index contributed by atoms with van der Waals surface area (Å²) in [5, 5.41) is 0.888. The molecule has 2 aliphatic rings. The number of anilines is 1. The summed E-state index contributed by atoms with van der Waals surface area (Å²) in [4.78, 5) is 28.7. The number of nitrogens with zero attached hydrogens (tertiary/aromatic N) is 4. The molecule has 0 N–H and O–H groups in total. The number of hydrogen-bond acceptors (Lipinski definition) is 7. The Labute approximate surface area is 222 Å². The number of carbonyl (C=O) groups excluding carboxylic acids is 1. The Balaban J connectivity index is 1.38. The molecule has 0 saturated carbocycles. The number of rotatable bonds is 4. The Morgan fingerprint density at radius 3 is 2.74 bits per heavy atom. The van der Waals surface area contributed by atoms with E-state index in [-0.39, 0.29) is 12.4 Å². The maximum Gasteiger partial charge on any atom is 0.376 e. The van der Waals surface area contributed by atoms with Gasteiger partial charge in [0.2, 0.25) is 5.82 Å². The van der Waals surface area contributed by atoms with Gasteiger partial charge in [-0.3, -0.25) is 4.99 Å². The third-order valence-electron chi connectivity index (χ3n) is 7.10. The fourth-order valence-electron chi connectivity index (χ4n) is 5.20. The first-order valence-corrected chi connectivity index (χ1v) is 13.2. The number of carbonyl (C=O) groups is 1. The smallest absolute Gasteiger partial charge is 0.376 e. The van der Waals surface area contributed by atoms with Crippen LogP contribution in [0.2, 0.25) is 0 Å². The van der Waals surface area contributed by atoms with E-state index in [1.807, 2.05) is 24.3 Å². The minimum absolute atomic E-state index is 0.0699. The molecule has 0 amide bonds. The van der Waals surface area contributed by atoms with Gasteiger partial charge < -0.3 is 14.4 Å². The fourth-order valence-corrected chi connectivity index (χ4v) is 5.20. The highest BCUT2D eigenvalue weighted by atomic mass is 16.5. The first kappa shape index (κ1) is 24.1. The molecular formula is C31H30N4O3. The van der Waals surface area contributed by atoms with Crippen LogP contribution in [0.15, 0.2) is 65.7 Å². The highest BCUT2D eigenvalue weighted by molar-refractivity contribution is 5.94. The van der Waals surface area contributed by atoms with Gasteiger partial charge in [0, 0.05) is 23.2 Å². The monoisotopic (exact) mass is 506 g/mol. The van der Waals surface area contributed by atoms with E-state index < -0.39 is 5.97 Å². The Hall–Kier alpha value is -4.26. The summed E-state index contributed by atoms with van der Waals surface area (Å²) in [6.07, 6.45) is 3.25. The number of benzene rings is 3. The van der Waals surface area contributed by atoms with Crippen molar-refractivity contribution in [3.63, 3.8) is 0 Å². The summed E-state index contributed by atoms with van der Waals surface area (Å²) >= 11 is 0. The van der Waals surface area contributed by atoms with E-state index in [1.54, 1.807) is 6.92 Å². The van der Waals surface area contributed by atoms with Crippen LogP contribution >= 0.6 is 0 Å². The largest absolute Gasteiger partial charge is 0.491 e. The summed E-state index contributed by atoms with van der Waals surface area (Å²) in [6.45, 7) is 5.88. The van der Waals surface area contributed by atoms with E-state index in [2.05, 4.69) is 58.2 Å². The van der Waals surface area contributed by atoms with Crippen molar-refractivity contribution in [2.24, 2.45) is 4.99 Å². The molecule has 1 aromatic heterocycles. The van der Waals surface area contributed by atoms with Gasteiger partial charge in [-0.15, -0.1) is 0 Å². The highest BCUT2D eigenvalue weighted by Crippen LogP contribution is 2.35. The van der Waals surface area contributed by atoms with Crippen LogP contribution in [0.1, 0.15) is 48.4 Å². The van der Waals surface area contributed by atoms with Gasteiger partial charge in [-0.1, -0.05) is 30.3 Å². The van der Waals surface area contributed by atoms with Crippen molar-refractivity contribution < 1.29 is 14.3 Å². The fraction of sp³-hybridized carbons (Fsp3) is 0.290. The minimum atomic E-state index is -0.519. The second-order valence-electron chi connectivity index (χ2n) is 9.75. The van der Waals surface area contributed by atoms with Crippen molar-refractivity contribution in [3.8, 4) is 16.9 Å². The highest BCUT2D eigenvalue weighted by Gasteiger charge is 2.23. The topological polar surface area (TPSA) is 76.9 Å². The molecule has 0 atom stereocenters. The number of ether oxygens (including phenoxy) is 2. The standard InChI is InChI=1S/C31H30N4O3/c1-3-37-31(36)29-33-26-10-5-4-9-25(26)30(34-29)35-15-16-38-28-14-13-22(17-24(28)19-35)23-12-11-21-8-6-7-20(2)32-27(21)18-23/h4-5,9-14,17-18H,3,6-8,15-16,19H2,1-2H3. The van der Waals surface area contributed by atoms with Gasteiger partial charge in [0.1, 0.15) is 18.2 Å². The molecule has 0 aliphatic carbocycles. The van der Waals surface area contributed by atoms with Crippen LogP contribution in [0, 0.1) is 0 Å². The molecule has 0 fully saturated rings. The Morgan fingerprint density at radius 1 is 1.00 bits per heavy atom. The second-order valence-corrected chi connectivity index (χ2v) is 9.75. The molecule has 4 aromatic rings. The lowest BCUT2D eigenvalue weighted by Gasteiger charge is -2.23. The lowest BCUT2D eigenvalue weighted by Crippen LogP contribution is -2.27. The summed E-state index contributed by atoms with van der Waals surface area (Å²) in [5.74, 6) is 1.12. The lowest BCUT2D eigenvalue weighted by atomic mass is 9.98. The van der Waals surface area contributed by atoms with Crippen molar-refractivity contribution >= 4 is 34.1 Å². The molecule has 0 saturated heterocycles. The van der Waals surface area contributed by atoms with Crippen LogP contribution in [0.25, 0.3) is 22.0 Å². The van der Waals surface area contributed by atoms with Crippen LogP contribution in [0.3, 0.4) is 0 Å². The number of esters is 1. The summed E-state index contributed by atoms with van der Waals surface area (Å²) in [5.41, 5.74) is 7.60. The van der Waals surface area contributed by atoms with Crippen molar-refractivity contribution in [1.82, 2.24) is 9.97 Å². The Kier molecular flexibility index (Phi) is 6.50. The molecule has 38 heavy (non-hydrogen) atoms. The van der Waals surface area contributed by atoms with E-state index in [0.29, 0.717) is 31.0 Å². The molecule has 7 heteroatoms.